The average Bonchev–Trinajstić information content (AvgIpc) is 2.50. The minimum absolute atomic E-state index is 0.224. The Kier molecular flexibility index (Phi) is 3.30. The van der Waals surface area contributed by atoms with E-state index in [2.05, 4.69) is 15.9 Å². The summed E-state index contributed by atoms with van der Waals surface area (Å²) in [4.78, 5) is 25.0. The van der Waals surface area contributed by atoms with Crippen molar-refractivity contribution in [3.8, 4) is 0 Å². The van der Waals surface area contributed by atoms with Crippen LogP contribution in [0.1, 0.15) is 27.1 Å². The predicted molar refractivity (Wildman–Crippen MR) is 64.8 cm³/mol. The molecule has 0 bridgehead atoms. The van der Waals surface area contributed by atoms with Crippen molar-refractivity contribution in [2.24, 2.45) is 0 Å². The molecule has 1 heterocycles. The fourth-order valence-corrected chi connectivity index (χ4v) is 2.16. The van der Waals surface area contributed by atoms with E-state index >= 15 is 0 Å². The maximum absolute atomic E-state index is 11.9. The van der Waals surface area contributed by atoms with Crippen LogP contribution in [-0.4, -0.2) is 29.1 Å². The summed E-state index contributed by atoms with van der Waals surface area (Å²) in [5.74, 6) is -0.0130. The molecule has 0 aromatic heterocycles. The zero-order valence-electron chi connectivity index (χ0n) is 8.37. The van der Waals surface area contributed by atoms with Gasteiger partial charge in [-0.25, -0.2) is 0 Å². The first-order chi connectivity index (χ1) is 7.65. The molecule has 0 N–H and O–H groups in total. The van der Waals surface area contributed by atoms with Gasteiger partial charge in [0.05, 0.1) is 11.1 Å². The van der Waals surface area contributed by atoms with Crippen molar-refractivity contribution in [2.45, 2.75) is 6.42 Å². The van der Waals surface area contributed by atoms with Crippen LogP contribution in [-0.2, 0) is 0 Å². The molecule has 2 rings (SSSR count). The standard InChI is InChI=1S/C11H9BrClNO2/c12-7-2-3-8-9(6-7)11(16)14(10(8)15)5-1-4-13/h2-3,6H,1,4-5H2. The molecule has 1 aliphatic rings. The lowest BCUT2D eigenvalue weighted by molar-refractivity contribution is 0.0655. The van der Waals surface area contributed by atoms with Gasteiger partial charge in [0, 0.05) is 16.9 Å². The molecule has 1 aliphatic heterocycles. The summed E-state index contributed by atoms with van der Waals surface area (Å²) >= 11 is 8.84. The highest BCUT2D eigenvalue weighted by Gasteiger charge is 2.34. The molecule has 1 aromatic carbocycles. The Morgan fingerprint density at radius 2 is 1.88 bits per heavy atom. The number of alkyl halides is 1. The van der Waals surface area contributed by atoms with Gasteiger partial charge < -0.3 is 0 Å². The number of imide groups is 1. The lowest BCUT2D eigenvalue weighted by Gasteiger charge is -2.11. The molecule has 0 saturated carbocycles. The second-order valence-corrected chi connectivity index (χ2v) is 4.79. The first kappa shape index (κ1) is 11.6. The Hall–Kier alpha value is -0.870. The van der Waals surface area contributed by atoms with Gasteiger partial charge in [-0.1, -0.05) is 15.9 Å². The number of hydrogen-bond donors (Lipinski definition) is 0. The van der Waals surface area contributed by atoms with Crippen molar-refractivity contribution in [3.63, 3.8) is 0 Å². The van der Waals surface area contributed by atoms with Crippen LogP contribution in [0.2, 0.25) is 0 Å². The van der Waals surface area contributed by atoms with Crippen molar-refractivity contribution in [3.05, 3.63) is 33.8 Å². The Morgan fingerprint density at radius 3 is 2.56 bits per heavy atom. The summed E-state index contributed by atoms with van der Waals surface area (Å²) < 4.78 is 0.798. The maximum atomic E-state index is 11.9. The lowest BCUT2D eigenvalue weighted by atomic mass is 10.1. The number of fused-ring (bicyclic) bond motifs is 1. The SMILES string of the molecule is O=C1c2ccc(Br)cc2C(=O)N1CCCCl. The number of amides is 2. The van der Waals surface area contributed by atoms with E-state index in [1.165, 1.54) is 4.90 Å². The van der Waals surface area contributed by atoms with Gasteiger partial charge in [0.2, 0.25) is 0 Å². The highest BCUT2D eigenvalue weighted by atomic mass is 79.9. The van der Waals surface area contributed by atoms with E-state index in [0.717, 1.165) is 4.47 Å². The molecule has 0 unspecified atom stereocenters. The molecule has 2 amide bonds. The topological polar surface area (TPSA) is 37.4 Å². The normalized spacial score (nSPS) is 14.5. The van der Waals surface area contributed by atoms with Crippen molar-refractivity contribution >= 4 is 39.3 Å². The molecule has 0 radical (unpaired) electrons. The van der Waals surface area contributed by atoms with Gasteiger partial charge in [-0.15, -0.1) is 11.6 Å². The number of hydrogen-bond acceptors (Lipinski definition) is 2. The van der Waals surface area contributed by atoms with Crippen LogP contribution >= 0.6 is 27.5 Å². The number of carbonyl (C=O) groups excluding carboxylic acids is 2. The molecule has 0 aliphatic carbocycles. The number of benzene rings is 1. The van der Waals surface area contributed by atoms with Gasteiger partial charge in [0.15, 0.2) is 0 Å². The third-order valence-corrected chi connectivity index (χ3v) is 3.21. The first-order valence-corrected chi connectivity index (χ1v) is 6.19. The summed E-state index contributed by atoms with van der Waals surface area (Å²) in [5.41, 5.74) is 0.941. The van der Waals surface area contributed by atoms with E-state index in [1.807, 2.05) is 0 Å². The summed E-state index contributed by atoms with van der Waals surface area (Å²) in [6, 6.07) is 5.10. The minimum atomic E-state index is -0.230. The van der Waals surface area contributed by atoms with Crippen molar-refractivity contribution in [2.75, 3.05) is 12.4 Å². The van der Waals surface area contributed by atoms with Gasteiger partial charge in [0.25, 0.3) is 11.8 Å². The lowest BCUT2D eigenvalue weighted by Crippen LogP contribution is -2.30. The van der Waals surface area contributed by atoms with Crippen LogP contribution in [0, 0.1) is 0 Å². The predicted octanol–water partition coefficient (Wildman–Crippen LogP) is 2.67. The molecular formula is C11H9BrClNO2. The van der Waals surface area contributed by atoms with Gasteiger partial charge in [-0.05, 0) is 24.6 Å². The Balaban J connectivity index is 2.33. The summed E-state index contributed by atoms with van der Waals surface area (Å²) in [5, 5.41) is 0. The number of rotatable bonds is 3. The van der Waals surface area contributed by atoms with E-state index < -0.39 is 0 Å². The average molecular weight is 303 g/mol. The Labute approximate surface area is 107 Å². The van der Waals surface area contributed by atoms with E-state index in [9.17, 15) is 9.59 Å². The molecule has 0 atom stereocenters. The van der Waals surface area contributed by atoms with Gasteiger partial charge in [-0.3, -0.25) is 14.5 Å². The molecule has 5 heteroatoms. The van der Waals surface area contributed by atoms with Crippen molar-refractivity contribution in [1.82, 2.24) is 4.90 Å². The third kappa shape index (κ3) is 1.87. The van der Waals surface area contributed by atoms with Crippen LogP contribution in [0.3, 0.4) is 0 Å². The van der Waals surface area contributed by atoms with E-state index in [0.29, 0.717) is 30.0 Å². The first-order valence-electron chi connectivity index (χ1n) is 4.87. The molecule has 1 aromatic rings. The molecule has 84 valence electrons. The third-order valence-electron chi connectivity index (χ3n) is 2.45. The van der Waals surface area contributed by atoms with E-state index in [-0.39, 0.29) is 11.8 Å². The van der Waals surface area contributed by atoms with Crippen LogP contribution in [0.25, 0.3) is 0 Å². The zero-order valence-corrected chi connectivity index (χ0v) is 10.7. The summed E-state index contributed by atoms with van der Waals surface area (Å²) in [6.45, 7) is 0.382. The number of carbonyl (C=O) groups is 2. The van der Waals surface area contributed by atoms with Crippen molar-refractivity contribution in [1.29, 1.82) is 0 Å². The second kappa shape index (κ2) is 4.55. The molecule has 3 nitrogen and oxygen atoms in total. The molecule has 16 heavy (non-hydrogen) atoms. The molecule has 0 fully saturated rings. The van der Waals surface area contributed by atoms with Crippen LogP contribution in [0.4, 0.5) is 0 Å². The molecular weight excluding hydrogens is 293 g/mol. The Morgan fingerprint density at radius 1 is 1.19 bits per heavy atom. The Bertz CT molecular complexity index is 461. The van der Waals surface area contributed by atoms with Crippen LogP contribution < -0.4 is 0 Å². The quantitative estimate of drug-likeness (QED) is 0.636. The number of halogens is 2. The molecule has 0 saturated heterocycles. The number of nitrogens with zero attached hydrogens (tertiary/aromatic N) is 1. The van der Waals surface area contributed by atoms with Gasteiger partial charge in [0.1, 0.15) is 0 Å². The van der Waals surface area contributed by atoms with Gasteiger partial charge in [-0.2, -0.15) is 0 Å². The second-order valence-electron chi connectivity index (χ2n) is 3.49. The largest absolute Gasteiger partial charge is 0.274 e. The fraction of sp³-hybridized carbons (Fsp3) is 0.273. The van der Waals surface area contributed by atoms with Gasteiger partial charge >= 0.3 is 0 Å². The van der Waals surface area contributed by atoms with E-state index in [1.54, 1.807) is 18.2 Å². The van der Waals surface area contributed by atoms with Crippen LogP contribution in [0.15, 0.2) is 22.7 Å². The van der Waals surface area contributed by atoms with Crippen molar-refractivity contribution < 1.29 is 9.59 Å². The highest BCUT2D eigenvalue weighted by molar-refractivity contribution is 9.10. The summed E-state index contributed by atoms with van der Waals surface area (Å²) in [6.07, 6.45) is 0.619. The minimum Gasteiger partial charge on any atom is -0.274 e. The monoisotopic (exact) mass is 301 g/mol. The molecule has 0 spiro atoms. The zero-order chi connectivity index (χ0) is 11.7. The maximum Gasteiger partial charge on any atom is 0.261 e. The fourth-order valence-electron chi connectivity index (χ4n) is 1.68. The van der Waals surface area contributed by atoms with Crippen LogP contribution in [0.5, 0.6) is 0 Å². The summed E-state index contributed by atoms with van der Waals surface area (Å²) in [7, 11) is 0. The smallest absolute Gasteiger partial charge is 0.261 e. The highest BCUT2D eigenvalue weighted by Crippen LogP contribution is 2.25. The van der Waals surface area contributed by atoms with E-state index in [4.69, 9.17) is 11.6 Å².